The molecule has 0 aliphatic carbocycles. The maximum atomic E-state index is 11.6. The lowest BCUT2D eigenvalue weighted by molar-refractivity contribution is -0.305. The van der Waals surface area contributed by atoms with Crippen molar-refractivity contribution in [1.82, 2.24) is 5.32 Å². The van der Waals surface area contributed by atoms with Crippen LogP contribution in [0.4, 0.5) is 0 Å². The first-order valence-electron chi connectivity index (χ1n) is 7.52. The van der Waals surface area contributed by atoms with Gasteiger partial charge in [-0.1, -0.05) is 18.7 Å². The molecule has 0 radical (unpaired) electrons. The lowest BCUT2D eigenvalue weighted by Gasteiger charge is -2.05. The number of hydrogen-bond donors (Lipinski definition) is 1. The Hall–Kier alpha value is -2.35. The van der Waals surface area contributed by atoms with Crippen LogP contribution in [-0.4, -0.2) is 34.6 Å². The summed E-state index contributed by atoms with van der Waals surface area (Å²) in [6.07, 6.45) is 0.597. The van der Waals surface area contributed by atoms with Crippen LogP contribution in [-0.2, 0) is 9.59 Å². The number of ether oxygens (including phenoxy) is 1. The van der Waals surface area contributed by atoms with Gasteiger partial charge in [-0.2, -0.15) is 5.10 Å². The van der Waals surface area contributed by atoms with Gasteiger partial charge in [0.2, 0.25) is 5.91 Å². The second-order valence-electron chi connectivity index (χ2n) is 5.14. The molecule has 1 aromatic rings. The molecule has 8 heteroatoms. The lowest BCUT2D eigenvalue weighted by Crippen LogP contribution is -2.31. The molecule has 1 amide bonds. The van der Waals surface area contributed by atoms with Gasteiger partial charge in [0.1, 0.15) is 5.75 Å². The number of benzene rings is 1. The number of amides is 1. The fourth-order valence-corrected chi connectivity index (χ4v) is 2.83. The van der Waals surface area contributed by atoms with Crippen LogP contribution in [0.5, 0.6) is 5.75 Å². The Morgan fingerprint density at radius 2 is 2.08 bits per heavy atom. The molecular weight excluding hydrogens is 330 g/mol. The number of aliphatic carboxylic acids is 1. The molecule has 1 aliphatic rings. The largest absolute Gasteiger partial charge is 0.550 e. The van der Waals surface area contributed by atoms with Gasteiger partial charge in [-0.05, 0) is 43.2 Å². The average molecular weight is 348 g/mol. The molecule has 1 N–H and O–H groups in total. The highest BCUT2D eigenvalue weighted by Crippen LogP contribution is 2.22. The quantitative estimate of drug-likeness (QED) is 0.583. The van der Waals surface area contributed by atoms with Crippen LogP contribution in [0.3, 0.4) is 0 Å². The maximum Gasteiger partial charge on any atom is 0.239 e. The third-order valence-electron chi connectivity index (χ3n) is 3.16. The maximum absolute atomic E-state index is 11.6. The first kappa shape index (κ1) is 18.0. The van der Waals surface area contributed by atoms with Crippen molar-refractivity contribution in [3.63, 3.8) is 0 Å². The molecule has 1 aliphatic heterocycles. The minimum atomic E-state index is -1.27. The summed E-state index contributed by atoms with van der Waals surface area (Å²) in [5.41, 5.74) is 1.55. The topological polar surface area (TPSA) is 103 Å². The number of carboxylic acids is 1. The number of carbonyl (C=O) groups excluding carboxylic acids is 2. The summed E-state index contributed by atoms with van der Waals surface area (Å²) < 4.78 is 5.52. The Morgan fingerprint density at radius 3 is 2.71 bits per heavy atom. The van der Waals surface area contributed by atoms with Crippen molar-refractivity contribution in [3.8, 4) is 5.75 Å². The summed E-state index contributed by atoms with van der Waals surface area (Å²) in [6, 6.07) is 7.48. The molecule has 1 aromatic carbocycles. The lowest BCUT2D eigenvalue weighted by atomic mass is 10.1. The number of nitrogens with one attached hydrogen (secondary N) is 1. The van der Waals surface area contributed by atoms with Crippen molar-refractivity contribution in [1.29, 1.82) is 0 Å². The molecule has 7 nitrogen and oxygen atoms in total. The van der Waals surface area contributed by atoms with Crippen molar-refractivity contribution in [2.45, 2.75) is 31.9 Å². The minimum Gasteiger partial charge on any atom is -0.550 e. The van der Waals surface area contributed by atoms with Gasteiger partial charge in [-0.25, -0.2) is 0 Å². The molecule has 0 aromatic heterocycles. The van der Waals surface area contributed by atoms with Crippen molar-refractivity contribution in [2.24, 2.45) is 10.2 Å². The Balaban J connectivity index is 2.00. The van der Waals surface area contributed by atoms with E-state index in [1.165, 1.54) is 0 Å². The third kappa shape index (κ3) is 5.09. The summed E-state index contributed by atoms with van der Waals surface area (Å²) in [5, 5.41) is 20.7. The van der Waals surface area contributed by atoms with E-state index in [1.807, 2.05) is 31.2 Å². The predicted molar refractivity (Wildman–Crippen MR) is 91.0 cm³/mol. The second-order valence-corrected chi connectivity index (χ2v) is 6.33. The molecular formula is C16H18N3O4S-. The zero-order chi connectivity index (χ0) is 17.5. The zero-order valence-corrected chi connectivity index (χ0v) is 14.3. The predicted octanol–water partition coefficient (Wildman–Crippen LogP) is 0.927. The van der Waals surface area contributed by atoms with E-state index >= 15 is 0 Å². The smallest absolute Gasteiger partial charge is 0.239 e. The van der Waals surface area contributed by atoms with E-state index in [0.29, 0.717) is 12.3 Å². The summed E-state index contributed by atoms with van der Waals surface area (Å²) in [5.74, 6) is -0.870. The summed E-state index contributed by atoms with van der Waals surface area (Å²) in [7, 11) is 0. The summed E-state index contributed by atoms with van der Waals surface area (Å²) >= 11 is 1.04. The average Bonchev–Trinajstić information content (AvgIpc) is 2.90. The molecule has 0 bridgehead atoms. The van der Waals surface area contributed by atoms with Gasteiger partial charge in [-0.3, -0.25) is 4.79 Å². The number of amidine groups is 1. The van der Waals surface area contributed by atoms with E-state index in [-0.39, 0.29) is 11.6 Å². The van der Waals surface area contributed by atoms with Crippen molar-refractivity contribution < 1.29 is 19.4 Å². The molecule has 1 saturated heterocycles. The van der Waals surface area contributed by atoms with Gasteiger partial charge in [0.15, 0.2) is 5.17 Å². The fraction of sp³-hybridized carbons (Fsp3) is 0.375. The number of nitrogens with zero attached hydrogens (tertiary/aromatic N) is 2. The van der Waals surface area contributed by atoms with Crippen molar-refractivity contribution in [2.75, 3.05) is 6.61 Å². The second kappa shape index (κ2) is 8.49. The highest BCUT2D eigenvalue weighted by Gasteiger charge is 2.30. The van der Waals surface area contributed by atoms with E-state index in [9.17, 15) is 14.7 Å². The summed E-state index contributed by atoms with van der Waals surface area (Å²) in [4.78, 5) is 22.2. The molecule has 128 valence electrons. The first-order chi connectivity index (χ1) is 11.5. The molecule has 1 heterocycles. The van der Waals surface area contributed by atoms with Crippen LogP contribution in [0, 0.1) is 0 Å². The minimum absolute atomic E-state index is 0.286. The van der Waals surface area contributed by atoms with Crippen molar-refractivity contribution in [3.05, 3.63) is 29.8 Å². The van der Waals surface area contributed by atoms with Gasteiger partial charge < -0.3 is 20.0 Å². The molecule has 24 heavy (non-hydrogen) atoms. The Morgan fingerprint density at radius 1 is 1.38 bits per heavy atom. The van der Waals surface area contributed by atoms with Crippen LogP contribution in [0.2, 0.25) is 0 Å². The van der Waals surface area contributed by atoms with Crippen LogP contribution >= 0.6 is 11.8 Å². The number of rotatable bonds is 7. The molecule has 0 spiro atoms. The SMILES string of the molecule is CCCOc1ccc(/C(C)=N/N=C2\NC(=O)[C@@H](CC(=O)[O-])S2)cc1. The standard InChI is InChI=1S/C16H19N3O4S/c1-3-8-23-12-6-4-11(5-7-12)10(2)18-19-16-17-15(22)13(24-16)9-14(20)21/h4-7,13H,3,8-9H2,1-2H3,(H,20,21)(H,17,19,22)/p-1/b18-10+/t13-/m1/s1. The van der Waals surface area contributed by atoms with Gasteiger partial charge in [-0.15, -0.1) is 5.10 Å². The number of hydrogen-bond acceptors (Lipinski definition) is 7. The zero-order valence-electron chi connectivity index (χ0n) is 13.4. The molecule has 1 atom stereocenters. The van der Waals surface area contributed by atoms with E-state index in [2.05, 4.69) is 15.5 Å². The normalized spacial score (nSPS) is 19.4. The number of thioether (sulfide) groups is 1. The molecule has 1 fully saturated rings. The van der Waals surface area contributed by atoms with Gasteiger partial charge in [0, 0.05) is 12.4 Å². The molecule has 2 rings (SSSR count). The Bertz CT molecular complexity index is 670. The number of carbonyl (C=O) groups is 2. The molecule has 0 saturated carbocycles. The van der Waals surface area contributed by atoms with Crippen LogP contribution in [0.25, 0.3) is 0 Å². The monoisotopic (exact) mass is 348 g/mol. The molecule has 0 unspecified atom stereocenters. The Labute approximate surface area is 144 Å². The third-order valence-corrected chi connectivity index (χ3v) is 4.24. The van der Waals surface area contributed by atoms with Crippen molar-refractivity contribution >= 4 is 34.5 Å². The van der Waals surface area contributed by atoms with E-state index < -0.39 is 17.1 Å². The highest BCUT2D eigenvalue weighted by atomic mass is 32.2. The van der Waals surface area contributed by atoms with E-state index in [1.54, 1.807) is 6.92 Å². The van der Waals surface area contributed by atoms with Crippen LogP contribution in [0.1, 0.15) is 32.3 Å². The van der Waals surface area contributed by atoms with E-state index in [0.717, 1.165) is 29.5 Å². The van der Waals surface area contributed by atoms with Gasteiger partial charge in [0.25, 0.3) is 0 Å². The fourth-order valence-electron chi connectivity index (χ4n) is 1.93. The Kier molecular flexibility index (Phi) is 6.36. The first-order valence-corrected chi connectivity index (χ1v) is 8.40. The highest BCUT2D eigenvalue weighted by molar-refractivity contribution is 8.15. The summed E-state index contributed by atoms with van der Waals surface area (Å²) in [6.45, 7) is 4.51. The van der Waals surface area contributed by atoms with Gasteiger partial charge in [0.05, 0.1) is 17.6 Å². The van der Waals surface area contributed by atoms with E-state index in [4.69, 9.17) is 4.74 Å². The number of carboxylic acid groups (broad SMARTS) is 1. The van der Waals surface area contributed by atoms with Crippen LogP contribution < -0.4 is 15.2 Å². The van der Waals surface area contributed by atoms with Crippen LogP contribution in [0.15, 0.2) is 34.5 Å². The van der Waals surface area contributed by atoms with Gasteiger partial charge >= 0.3 is 0 Å².